The van der Waals surface area contributed by atoms with Crippen LogP contribution in [0.4, 0.5) is 0 Å². The van der Waals surface area contributed by atoms with Crippen LogP contribution in [0, 0.1) is 35.5 Å². The van der Waals surface area contributed by atoms with Gasteiger partial charge >= 0.3 is 23.9 Å². The summed E-state index contributed by atoms with van der Waals surface area (Å²) < 4.78 is 0. The van der Waals surface area contributed by atoms with Gasteiger partial charge in [-0.2, -0.15) is 0 Å². The van der Waals surface area contributed by atoms with Crippen LogP contribution in [0.15, 0.2) is 0 Å². The molecule has 8 nitrogen and oxygen atoms in total. The van der Waals surface area contributed by atoms with Crippen molar-refractivity contribution in [3.8, 4) is 0 Å². The number of aliphatic carboxylic acids is 4. The molecule has 6 atom stereocenters. The summed E-state index contributed by atoms with van der Waals surface area (Å²) in [7, 11) is 0. The van der Waals surface area contributed by atoms with Crippen LogP contribution in [-0.2, 0) is 19.2 Å². The number of hydrogen-bond donors (Lipinski definition) is 4. The zero-order valence-electron chi connectivity index (χ0n) is 16.5. The highest BCUT2D eigenvalue weighted by Crippen LogP contribution is 2.37. The molecule has 28 heavy (non-hydrogen) atoms. The molecule has 6 unspecified atom stereocenters. The van der Waals surface area contributed by atoms with E-state index < -0.39 is 47.5 Å². The van der Waals surface area contributed by atoms with Gasteiger partial charge in [-0.15, -0.1) is 0 Å². The fourth-order valence-electron chi connectivity index (χ4n) is 4.59. The number of carboxylic acids is 4. The highest BCUT2D eigenvalue weighted by atomic mass is 16.4. The van der Waals surface area contributed by atoms with Gasteiger partial charge in [0, 0.05) is 0 Å². The van der Waals surface area contributed by atoms with Gasteiger partial charge in [-0.3, -0.25) is 19.2 Å². The Labute approximate surface area is 164 Å². The van der Waals surface area contributed by atoms with Gasteiger partial charge in [-0.1, -0.05) is 33.1 Å². The zero-order valence-corrected chi connectivity index (χ0v) is 16.5. The summed E-state index contributed by atoms with van der Waals surface area (Å²) in [6.07, 6.45) is 5.74. The molecular formula is C20H32O8. The standard InChI is InChI=1S/2C10H16O4/c1-2-6-3-4-7(9(11)12)8(5-6)10(13)14;1-2-6-4-3-5-7(9(11)12)8(6)10(13)14/h2*6-8H,2-5H2,1H3,(H,11,12)(H,13,14). The molecule has 0 aliphatic heterocycles. The molecule has 2 aliphatic rings. The molecule has 2 saturated carbocycles. The number of carboxylic acid groups (broad SMARTS) is 4. The van der Waals surface area contributed by atoms with Gasteiger partial charge in [-0.05, 0) is 43.9 Å². The van der Waals surface area contributed by atoms with Crippen molar-refractivity contribution in [2.75, 3.05) is 0 Å². The van der Waals surface area contributed by atoms with Crippen LogP contribution in [0.1, 0.15) is 65.2 Å². The molecule has 2 fully saturated rings. The Balaban J connectivity index is 0.000000280. The van der Waals surface area contributed by atoms with E-state index in [4.69, 9.17) is 20.4 Å². The van der Waals surface area contributed by atoms with E-state index in [1.807, 2.05) is 13.8 Å². The van der Waals surface area contributed by atoms with Crippen LogP contribution < -0.4 is 0 Å². The molecule has 4 N–H and O–H groups in total. The van der Waals surface area contributed by atoms with Gasteiger partial charge in [0.05, 0.1) is 23.7 Å². The normalized spacial score (nSPS) is 32.5. The lowest BCUT2D eigenvalue weighted by molar-refractivity contribution is -0.158. The topological polar surface area (TPSA) is 149 Å². The van der Waals surface area contributed by atoms with Crippen LogP contribution in [0.3, 0.4) is 0 Å². The maximum Gasteiger partial charge on any atom is 0.307 e. The summed E-state index contributed by atoms with van der Waals surface area (Å²) in [4.78, 5) is 43.5. The zero-order chi connectivity index (χ0) is 21.4. The summed E-state index contributed by atoms with van der Waals surface area (Å²) in [5.41, 5.74) is 0. The SMILES string of the molecule is CCC1CCC(C(=O)O)C(C(=O)O)C1.CCC1CCCC(C(=O)O)C1C(=O)O. The molecule has 0 saturated heterocycles. The van der Waals surface area contributed by atoms with Gasteiger partial charge in [0.2, 0.25) is 0 Å². The van der Waals surface area contributed by atoms with Crippen molar-refractivity contribution in [3.05, 3.63) is 0 Å². The van der Waals surface area contributed by atoms with Gasteiger partial charge in [0.15, 0.2) is 0 Å². The number of rotatable bonds is 6. The third-order valence-electron chi connectivity index (χ3n) is 6.33. The minimum Gasteiger partial charge on any atom is -0.481 e. The van der Waals surface area contributed by atoms with Crippen molar-refractivity contribution in [2.45, 2.75) is 65.2 Å². The Morgan fingerprint density at radius 2 is 1.25 bits per heavy atom. The van der Waals surface area contributed by atoms with Crippen molar-refractivity contribution < 1.29 is 39.6 Å². The summed E-state index contributed by atoms with van der Waals surface area (Å²) in [5.74, 6) is -6.19. The molecule has 160 valence electrons. The maximum atomic E-state index is 11.0. The lowest BCUT2D eigenvalue weighted by atomic mass is 9.71. The fourth-order valence-corrected chi connectivity index (χ4v) is 4.59. The van der Waals surface area contributed by atoms with E-state index in [9.17, 15) is 19.2 Å². The minimum absolute atomic E-state index is 0.0300. The lowest BCUT2D eigenvalue weighted by Crippen LogP contribution is -2.38. The van der Waals surface area contributed by atoms with Crippen molar-refractivity contribution >= 4 is 23.9 Å². The van der Waals surface area contributed by atoms with Crippen molar-refractivity contribution in [3.63, 3.8) is 0 Å². The second kappa shape index (κ2) is 11.0. The predicted molar refractivity (Wildman–Crippen MR) is 99.8 cm³/mol. The molecule has 0 radical (unpaired) electrons. The molecule has 2 aliphatic carbocycles. The maximum absolute atomic E-state index is 11.0. The largest absolute Gasteiger partial charge is 0.481 e. The van der Waals surface area contributed by atoms with Crippen molar-refractivity contribution in [1.82, 2.24) is 0 Å². The Hall–Kier alpha value is -2.12. The Morgan fingerprint density at radius 1 is 0.679 bits per heavy atom. The first-order valence-corrected chi connectivity index (χ1v) is 10.0. The molecule has 2 rings (SSSR count). The van der Waals surface area contributed by atoms with Gasteiger partial charge in [0.25, 0.3) is 0 Å². The third kappa shape index (κ3) is 6.21. The molecule has 0 aromatic heterocycles. The lowest BCUT2D eigenvalue weighted by Gasteiger charge is -2.32. The molecule has 8 heteroatoms. The fraction of sp³-hybridized carbons (Fsp3) is 0.800. The number of hydrogen-bond acceptors (Lipinski definition) is 4. The van der Waals surface area contributed by atoms with E-state index in [0.29, 0.717) is 25.2 Å². The van der Waals surface area contributed by atoms with Gasteiger partial charge in [0.1, 0.15) is 0 Å². The van der Waals surface area contributed by atoms with Crippen LogP contribution in [0.25, 0.3) is 0 Å². The van der Waals surface area contributed by atoms with Crippen LogP contribution >= 0.6 is 0 Å². The molecule has 0 spiro atoms. The number of carbonyl (C=O) groups is 4. The molecule has 0 bridgehead atoms. The highest BCUT2D eigenvalue weighted by Gasteiger charge is 2.41. The van der Waals surface area contributed by atoms with E-state index in [1.54, 1.807) is 0 Å². The summed E-state index contributed by atoms with van der Waals surface area (Å²) >= 11 is 0. The second-order valence-electron chi connectivity index (χ2n) is 7.88. The first-order chi connectivity index (χ1) is 13.1. The average molecular weight is 400 g/mol. The first-order valence-electron chi connectivity index (χ1n) is 10.0. The summed E-state index contributed by atoms with van der Waals surface area (Å²) in [5, 5.41) is 35.7. The van der Waals surface area contributed by atoms with Gasteiger partial charge in [-0.25, -0.2) is 0 Å². The van der Waals surface area contributed by atoms with E-state index in [2.05, 4.69) is 0 Å². The van der Waals surface area contributed by atoms with Crippen LogP contribution in [0.5, 0.6) is 0 Å². The molecule has 0 aromatic rings. The average Bonchev–Trinajstić information content (AvgIpc) is 2.66. The molecule has 0 aromatic carbocycles. The second-order valence-corrected chi connectivity index (χ2v) is 7.88. The quantitative estimate of drug-likeness (QED) is 0.531. The van der Waals surface area contributed by atoms with Crippen LogP contribution in [0.2, 0.25) is 0 Å². The Morgan fingerprint density at radius 3 is 1.68 bits per heavy atom. The highest BCUT2D eigenvalue weighted by molar-refractivity contribution is 5.81. The minimum atomic E-state index is -0.966. The van der Waals surface area contributed by atoms with Crippen LogP contribution in [-0.4, -0.2) is 44.3 Å². The van der Waals surface area contributed by atoms with Crippen molar-refractivity contribution in [1.29, 1.82) is 0 Å². The predicted octanol–water partition coefficient (Wildman–Crippen LogP) is 3.20. The third-order valence-corrected chi connectivity index (χ3v) is 6.33. The van der Waals surface area contributed by atoms with E-state index in [1.165, 1.54) is 0 Å². The van der Waals surface area contributed by atoms with E-state index >= 15 is 0 Å². The molecule has 0 heterocycles. The van der Waals surface area contributed by atoms with E-state index in [-0.39, 0.29) is 5.92 Å². The summed E-state index contributed by atoms with van der Waals surface area (Å²) in [6, 6.07) is 0. The monoisotopic (exact) mass is 400 g/mol. The smallest absolute Gasteiger partial charge is 0.307 e. The van der Waals surface area contributed by atoms with Gasteiger partial charge < -0.3 is 20.4 Å². The summed E-state index contributed by atoms with van der Waals surface area (Å²) in [6.45, 7) is 3.94. The molecular weight excluding hydrogens is 368 g/mol. The Bertz CT molecular complexity index is 561. The first kappa shape index (κ1) is 23.9. The van der Waals surface area contributed by atoms with Crippen molar-refractivity contribution in [2.24, 2.45) is 35.5 Å². The van der Waals surface area contributed by atoms with E-state index in [0.717, 1.165) is 32.1 Å². The Kier molecular flexibility index (Phi) is 9.41. The molecule has 0 amide bonds.